The summed E-state index contributed by atoms with van der Waals surface area (Å²) in [5.41, 5.74) is 3.34. The van der Waals surface area contributed by atoms with E-state index in [0.29, 0.717) is 13.0 Å². The van der Waals surface area contributed by atoms with E-state index in [4.69, 9.17) is 0 Å². The van der Waals surface area contributed by atoms with Crippen molar-refractivity contribution in [2.24, 2.45) is 0 Å². The molecule has 0 aromatic heterocycles. The van der Waals surface area contributed by atoms with Crippen molar-refractivity contribution in [3.63, 3.8) is 0 Å². The summed E-state index contributed by atoms with van der Waals surface area (Å²) in [6.07, 6.45) is -3.96. The number of rotatable bonds is 6. The van der Waals surface area contributed by atoms with Crippen LogP contribution in [0.25, 0.3) is 4.91 Å². The van der Waals surface area contributed by atoms with Gasteiger partial charge >= 0.3 is 6.36 Å². The number of nitrogens with one attached hydrogen (secondary N) is 1. The van der Waals surface area contributed by atoms with Crippen molar-refractivity contribution in [2.45, 2.75) is 39.1 Å². The fraction of sp³-hybridized carbons (Fsp3) is 0.364. The highest BCUT2D eigenvalue weighted by molar-refractivity contribution is 8.06. The molecule has 0 bridgehead atoms. The molecular formula is C22H25F3N2OS. The van der Waals surface area contributed by atoms with Crippen LogP contribution in [0, 0.1) is 0 Å². The van der Waals surface area contributed by atoms with Crippen molar-refractivity contribution >= 4 is 16.9 Å². The Labute approximate surface area is 174 Å². The SMILES string of the molecule is CC(C)(C)N1CC(NCCc2ccc(OC(F)(F)F)cc2)=C(c2ccccc2)S1. The first-order valence-electron chi connectivity index (χ1n) is 9.44. The molecule has 0 atom stereocenters. The van der Waals surface area contributed by atoms with Crippen LogP contribution >= 0.6 is 11.9 Å². The van der Waals surface area contributed by atoms with Crippen molar-refractivity contribution in [3.8, 4) is 5.75 Å². The van der Waals surface area contributed by atoms with Crippen LogP contribution in [0.4, 0.5) is 13.2 Å². The Morgan fingerprint density at radius 3 is 2.24 bits per heavy atom. The summed E-state index contributed by atoms with van der Waals surface area (Å²) in [6.45, 7) is 8.09. The summed E-state index contributed by atoms with van der Waals surface area (Å²) in [6, 6.07) is 16.3. The Morgan fingerprint density at radius 2 is 1.66 bits per heavy atom. The Hall–Kier alpha value is -2.12. The van der Waals surface area contributed by atoms with E-state index in [1.165, 1.54) is 28.3 Å². The van der Waals surface area contributed by atoms with Gasteiger partial charge in [0.05, 0.1) is 11.4 Å². The van der Waals surface area contributed by atoms with Crippen molar-refractivity contribution < 1.29 is 17.9 Å². The van der Waals surface area contributed by atoms with E-state index >= 15 is 0 Å². The number of halogens is 3. The molecule has 0 radical (unpaired) electrons. The molecule has 0 unspecified atom stereocenters. The molecule has 1 aliphatic heterocycles. The van der Waals surface area contributed by atoms with E-state index in [0.717, 1.165) is 12.1 Å². The second kappa shape index (κ2) is 8.71. The van der Waals surface area contributed by atoms with Gasteiger partial charge < -0.3 is 10.1 Å². The zero-order valence-corrected chi connectivity index (χ0v) is 17.5. The molecule has 1 heterocycles. The summed E-state index contributed by atoms with van der Waals surface area (Å²) in [4.78, 5) is 1.22. The van der Waals surface area contributed by atoms with Gasteiger partial charge in [-0.3, -0.25) is 0 Å². The highest BCUT2D eigenvalue weighted by Crippen LogP contribution is 2.42. The molecule has 0 amide bonds. The van der Waals surface area contributed by atoms with E-state index in [9.17, 15) is 13.2 Å². The summed E-state index contributed by atoms with van der Waals surface area (Å²) in [5.74, 6) is -0.198. The van der Waals surface area contributed by atoms with E-state index in [1.807, 2.05) is 18.2 Å². The Morgan fingerprint density at radius 1 is 1.00 bits per heavy atom. The predicted octanol–water partition coefficient (Wildman–Crippen LogP) is 5.85. The normalized spacial score (nSPS) is 15.7. The lowest BCUT2D eigenvalue weighted by molar-refractivity contribution is -0.274. The van der Waals surface area contributed by atoms with Gasteiger partial charge in [-0.25, -0.2) is 4.31 Å². The molecule has 7 heteroatoms. The van der Waals surface area contributed by atoms with Crippen LogP contribution in [-0.4, -0.2) is 29.3 Å². The molecular weight excluding hydrogens is 397 g/mol. The van der Waals surface area contributed by atoms with Gasteiger partial charge in [-0.15, -0.1) is 13.2 Å². The minimum absolute atomic E-state index is 0.0302. The number of alkyl halides is 3. The molecule has 3 rings (SSSR count). The molecule has 2 aromatic rings. The standard InChI is InChI=1S/C22H25F3N2OS/c1-21(2,3)27-15-19(20(29-27)17-7-5-4-6-8-17)26-14-13-16-9-11-18(12-10-16)28-22(23,24)25/h4-12,26H,13-15H2,1-3H3. The lowest BCUT2D eigenvalue weighted by atomic mass is 10.1. The van der Waals surface area contributed by atoms with Crippen molar-refractivity contribution in [1.82, 2.24) is 9.62 Å². The van der Waals surface area contributed by atoms with E-state index in [2.05, 4.69) is 47.3 Å². The summed E-state index contributed by atoms with van der Waals surface area (Å²) in [7, 11) is 0. The maximum absolute atomic E-state index is 12.3. The van der Waals surface area contributed by atoms with Crippen LogP contribution in [0.1, 0.15) is 31.9 Å². The molecule has 29 heavy (non-hydrogen) atoms. The molecule has 2 aromatic carbocycles. The number of hydrogen-bond acceptors (Lipinski definition) is 4. The monoisotopic (exact) mass is 422 g/mol. The van der Waals surface area contributed by atoms with Gasteiger partial charge in [0.2, 0.25) is 0 Å². The van der Waals surface area contributed by atoms with Crippen LogP contribution in [0.2, 0.25) is 0 Å². The molecule has 1 N–H and O–H groups in total. The molecule has 0 fully saturated rings. The van der Waals surface area contributed by atoms with Gasteiger partial charge in [-0.2, -0.15) is 0 Å². The highest BCUT2D eigenvalue weighted by atomic mass is 32.2. The van der Waals surface area contributed by atoms with Crippen molar-refractivity contribution in [3.05, 3.63) is 71.4 Å². The maximum Gasteiger partial charge on any atom is 0.573 e. The molecule has 0 aliphatic carbocycles. The average molecular weight is 423 g/mol. The smallest absolute Gasteiger partial charge is 0.406 e. The third kappa shape index (κ3) is 6.18. The first-order chi connectivity index (χ1) is 13.6. The van der Waals surface area contributed by atoms with Crippen LogP contribution < -0.4 is 10.1 Å². The molecule has 0 saturated carbocycles. The van der Waals surface area contributed by atoms with Gasteiger partial charge in [0.25, 0.3) is 0 Å². The first kappa shape index (κ1) is 21.6. The number of hydrogen-bond donors (Lipinski definition) is 1. The minimum atomic E-state index is -4.66. The van der Waals surface area contributed by atoms with Gasteiger partial charge in [0.1, 0.15) is 5.75 Å². The van der Waals surface area contributed by atoms with Crippen LogP contribution in [-0.2, 0) is 6.42 Å². The number of benzene rings is 2. The largest absolute Gasteiger partial charge is 0.573 e. The second-order valence-corrected chi connectivity index (χ2v) is 8.87. The van der Waals surface area contributed by atoms with Gasteiger partial charge in [0.15, 0.2) is 0 Å². The fourth-order valence-corrected chi connectivity index (χ4v) is 4.13. The third-order valence-corrected chi connectivity index (χ3v) is 6.03. The Balaban J connectivity index is 1.64. The Kier molecular flexibility index (Phi) is 6.49. The third-order valence-electron chi connectivity index (χ3n) is 4.47. The fourth-order valence-electron chi connectivity index (χ4n) is 2.96. The van der Waals surface area contributed by atoms with Crippen molar-refractivity contribution in [1.29, 1.82) is 0 Å². The number of ether oxygens (including phenoxy) is 1. The molecule has 0 saturated heterocycles. The maximum atomic E-state index is 12.3. The number of nitrogens with zero attached hydrogens (tertiary/aromatic N) is 1. The van der Waals surface area contributed by atoms with Crippen LogP contribution in [0.15, 0.2) is 60.3 Å². The first-order valence-corrected chi connectivity index (χ1v) is 10.2. The van der Waals surface area contributed by atoms with E-state index < -0.39 is 6.36 Å². The van der Waals surface area contributed by atoms with Gasteiger partial charge in [0, 0.05) is 17.8 Å². The topological polar surface area (TPSA) is 24.5 Å². The summed E-state index contributed by atoms with van der Waals surface area (Å²) in [5, 5.41) is 3.54. The average Bonchev–Trinajstić information content (AvgIpc) is 3.07. The zero-order valence-electron chi connectivity index (χ0n) is 16.7. The molecule has 156 valence electrons. The van der Waals surface area contributed by atoms with Gasteiger partial charge in [-0.05, 0) is 62.4 Å². The van der Waals surface area contributed by atoms with Crippen molar-refractivity contribution in [2.75, 3.05) is 13.1 Å². The lowest BCUT2D eigenvalue weighted by Crippen LogP contribution is -2.36. The zero-order chi connectivity index (χ0) is 21.1. The van der Waals surface area contributed by atoms with Crippen LogP contribution in [0.3, 0.4) is 0 Å². The van der Waals surface area contributed by atoms with Crippen LogP contribution in [0.5, 0.6) is 5.75 Å². The lowest BCUT2D eigenvalue weighted by Gasteiger charge is -2.30. The molecule has 3 nitrogen and oxygen atoms in total. The quantitative estimate of drug-likeness (QED) is 0.591. The predicted molar refractivity (Wildman–Crippen MR) is 112 cm³/mol. The second-order valence-electron chi connectivity index (χ2n) is 7.84. The summed E-state index contributed by atoms with van der Waals surface area (Å²) < 4.78 is 43.1. The Bertz CT molecular complexity index is 843. The van der Waals surface area contributed by atoms with E-state index in [1.54, 1.807) is 24.1 Å². The van der Waals surface area contributed by atoms with E-state index in [-0.39, 0.29) is 11.3 Å². The minimum Gasteiger partial charge on any atom is -0.406 e. The summed E-state index contributed by atoms with van der Waals surface area (Å²) >= 11 is 1.76. The molecule has 0 spiro atoms. The molecule has 1 aliphatic rings. The highest BCUT2D eigenvalue weighted by Gasteiger charge is 2.32. The van der Waals surface area contributed by atoms with Gasteiger partial charge in [-0.1, -0.05) is 42.5 Å².